The molecule has 0 aliphatic carbocycles. The van der Waals surface area contributed by atoms with E-state index in [1.807, 2.05) is 4.68 Å². The van der Waals surface area contributed by atoms with E-state index in [1.54, 1.807) is 0 Å². The summed E-state index contributed by atoms with van der Waals surface area (Å²) in [5, 5.41) is 8.61. The van der Waals surface area contributed by atoms with Crippen LogP contribution in [0.25, 0.3) is 0 Å². The standard InChI is InChI=1S/C16H31N3/c1-7-11-16(5,6)19-13-14(17-18-19)10-8-9-12-15(2,3)4/h13H,7-12H2,1-6H3. The van der Waals surface area contributed by atoms with Crippen LogP contribution in [0.3, 0.4) is 0 Å². The van der Waals surface area contributed by atoms with Gasteiger partial charge in [0.2, 0.25) is 0 Å². The molecule has 0 aliphatic heterocycles. The molecule has 0 spiro atoms. The molecule has 0 saturated heterocycles. The Labute approximate surface area is 118 Å². The summed E-state index contributed by atoms with van der Waals surface area (Å²) < 4.78 is 2.04. The fourth-order valence-electron chi connectivity index (χ4n) is 2.40. The van der Waals surface area contributed by atoms with Crippen LogP contribution in [0, 0.1) is 5.41 Å². The van der Waals surface area contributed by atoms with Crippen LogP contribution in [0.15, 0.2) is 6.20 Å². The molecular weight excluding hydrogens is 234 g/mol. The van der Waals surface area contributed by atoms with Gasteiger partial charge in [-0.15, -0.1) is 5.10 Å². The summed E-state index contributed by atoms with van der Waals surface area (Å²) in [6, 6.07) is 0. The van der Waals surface area contributed by atoms with Crippen LogP contribution in [0.4, 0.5) is 0 Å². The third-order valence-corrected chi connectivity index (χ3v) is 3.63. The molecular formula is C16H31N3. The molecule has 0 fully saturated rings. The molecule has 19 heavy (non-hydrogen) atoms. The Morgan fingerprint density at radius 3 is 2.32 bits per heavy atom. The molecule has 0 N–H and O–H groups in total. The fraction of sp³-hybridized carbons (Fsp3) is 0.875. The van der Waals surface area contributed by atoms with E-state index in [2.05, 4.69) is 58.1 Å². The molecule has 0 unspecified atom stereocenters. The van der Waals surface area contributed by atoms with Gasteiger partial charge in [-0.2, -0.15) is 0 Å². The average molecular weight is 265 g/mol. The molecule has 1 rings (SSSR count). The summed E-state index contributed by atoms with van der Waals surface area (Å²) in [7, 11) is 0. The highest BCUT2D eigenvalue weighted by atomic mass is 15.4. The minimum absolute atomic E-state index is 0.0887. The van der Waals surface area contributed by atoms with Crippen molar-refractivity contribution in [1.29, 1.82) is 0 Å². The molecule has 0 radical (unpaired) electrons. The summed E-state index contributed by atoms with van der Waals surface area (Å²) >= 11 is 0. The van der Waals surface area contributed by atoms with Crippen molar-refractivity contribution in [3.05, 3.63) is 11.9 Å². The molecule has 1 aromatic heterocycles. The first-order valence-corrected chi connectivity index (χ1v) is 7.66. The second-order valence-corrected chi connectivity index (χ2v) is 7.48. The lowest BCUT2D eigenvalue weighted by Crippen LogP contribution is -2.26. The molecule has 1 heterocycles. The number of hydrogen-bond donors (Lipinski definition) is 0. The maximum Gasteiger partial charge on any atom is 0.0827 e. The zero-order chi connectivity index (χ0) is 14.5. The Morgan fingerprint density at radius 1 is 1.05 bits per heavy atom. The second kappa shape index (κ2) is 6.53. The van der Waals surface area contributed by atoms with Gasteiger partial charge in [0.1, 0.15) is 0 Å². The predicted octanol–water partition coefficient (Wildman–Crippen LogP) is 4.57. The van der Waals surface area contributed by atoms with Crippen LogP contribution in [0.1, 0.15) is 79.3 Å². The normalized spacial score (nSPS) is 12.9. The summed E-state index contributed by atoms with van der Waals surface area (Å²) in [4.78, 5) is 0. The molecule has 110 valence electrons. The van der Waals surface area contributed by atoms with Crippen LogP contribution in [-0.4, -0.2) is 15.0 Å². The van der Waals surface area contributed by atoms with Crippen LogP contribution < -0.4 is 0 Å². The molecule has 0 bridgehead atoms. The van der Waals surface area contributed by atoms with Crippen molar-refractivity contribution >= 4 is 0 Å². The Kier molecular flexibility index (Phi) is 5.57. The number of hydrogen-bond acceptors (Lipinski definition) is 2. The summed E-state index contributed by atoms with van der Waals surface area (Å²) in [6.07, 6.45) is 9.26. The monoisotopic (exact) mass is 265 g/mol. The smallest absolute Gasteiger partial charge is 0.0827 e. The largest absolute Gasteiger partial charge is 0.247 e. The maximum absolute atomic E-state index is 4.31. The van der Waals surface area contributed by atoms with Gasteiger partial charge in [0, 0.05) is 6.20 Å². The van der Waals surface area contributed by atoms with Gasteiger partial charge in [-0.1, -0.05) is 45.7 Å². The van der Waals surface area contributed by atoms with Gasteiger partial charge in [0.15, 0.2) is 0 Å². The van der Waals surface area contributed by atoms with Crippen LogP contribution in [0.5, 0.6) is 0 Å². The minimum Gasteiger partial charge on any atom is -0.247 e. The van der Waals surface area contributed by atoms with Crippen molar-refractivity contribution in [3.63, 3.8) is 0 Å². The molecule has 0 amide bonds. The highest BCUT2D eigenvalue weighted by Crippen LogP contribution is 2.23. The van der Waals surface area contributed by atoms with Gasteiger partial charge in [-0.25, -0.2) is 4.68 Å². The van der Waals surface area contributed by atoms with E-state index >= 15 is 0 Å². The van der Waals surface area contributed by atoms with Crippen LogP contribution in [-0.2, 0) is 12.0 Å². The molecule has 3 heteroatoms. The SMILES string of the molecule is CCCC(C)(C)n1cc(CCCCC(C)(C)C)nn1. The molecule has 0 aliphatic rings. The maximum atomic E-state index is 4.31. The summed E-state index contributed by atoms with van der Waals surface area (Å²) in [5.74, 6) is 0. The van der Waals surface area contributed by atoms with E-state index in [0.717, 1.165) is 18.5 Å². The molecule has 1 aromatic rings. The number of unbranched alkanes of at least 4 members (excludes halogenated alkanes) is 1. The summed E-state index contributed by atoms with van der Waals surface area (Å²) in [6.45, 7) is 13.6. The average Bonchev–Trinajstić information content (AvgIpc) is 2.72. The fourth-order valence-corrected chi connectivity index (χ4v) is 2.40. The minimum atomic E-state index is 0.0887. The lowest BCUT2D eigenvalue weighted by molar-refractivity contribution is 0.286. The van der Waals surface area contributed by atoms with Crippen molar-refractivity contribution in [2.45, 2.75) is 85.6 Å². The van der Waals surface area contributed by atoms with E-state index in [-0.39, 0.29) is 5.54 Å². The highest BCUT2D eigenvalue weighted by Gasteiger charge is 2.20. The van der Waals surface area contributed by atoms with Gasteiger partial charge in [0.05, 0.1) is 11.2 Å². The second-order valence-electron chi connectivity index (χ2n) is 7.48. The zero-order valence-electron chi connectivity index (χ0n) is 13.7. The summed E-state index contributed by atoms with van der Waals surface area (Å²) in [5.41, 5.74) is 1.67. The van der Waals surface area contributed by atoms with E-state index < -0.39 is 0 Å². The van der Waals surface area contributed by atoms with Crippen molar-refractivity contribution in [3.8, 4) is 0 Å². The number of aromatic nitrogens is 3. The Hall–Kier alpha value is -0.860. The van der Waals surface area contributed by atoms with Crippen molar-refractivity contribution in [2.24, 2.45) is 5.41 Å². The van der Waals surface area contributed by atoms with E-state index in [1.165, 1.54) is 25.7 Å². The Morgan fingerprint density at radius 2 is 1.74 bits per heavy atom. The van der Waals surface area contributed by atoms with Crippen molar-refractivity contribution in [2.75, 3.05) is 0 Å². The molecule has 0 aromatic carbocycles. The van der Waals surface area contributed by atoms with Gasteiger partial charge in [0.25, 0.3) is 0 Å². The van der Waals surface area contributed by atoms with Crippen LogP contribution >= 0.6 is 0 Å². The highest BCUT2D eigenvalue weighted by molar-refractivity contribution is 4.95. The first kappa shape index (κ1) is 16.2. The number of nitrogens with zero attached hydrogens (tertiary/aromatic N) is 3. The van der Waals surface area contributed by atoms with E-state index in [9.17, 15) is 0 Å². The van der Waals surface area contributed by atoms with Crippen LogP contribution in [0.2, 0.25) is 0 Å². The third-order valence-electron chi connectivity index (χ3n) is 3.63. The van der Waals surface area contributed by atoms with Gasteiger partial charge < -0.3 is 0 Å². The molecule has 0 atom stereocenters. The zero-order valence-corrected chi connectivity index (χ0v) is 13.7. The van der Waals surface area contributed by atoms with Gasteiger partial charge >= 0.3 is 0 Å². The number of aryl methyl sites for hydroxylation is 1. The Balaban J connectivity index is 2.43. The Bertz CT molecular complexity index is 372. The van der Waals surface area contributed by atoms with Gasteiger partial charge in [-0.3, -0.25) is 0 Å². The molecule has 0 saturated carbocycles. The first-order valence-electron chi connectivity index (χ1n) is 7.66. The lowest BCUT2D eigenvalue weighted by atomic mass is 9.89. The van der Waals surface area contributed by atoms with Crippen molar-refractivity contribution in [1.82, 2.24) is 15.0 Å². The topological polar surface area (TPSA) is 30.7 Å². The predicted molar refractivity (Wildman–Crippen MR) is 81.3 cm³/mol. The third kappa shape index (κ3) is 5.75. The van der Waals surface area contributed by atoms with Gasteiger partial charge in [-0.05, 0) is 44.9 Å². The lowest BCUT2D eigenvalue weighted by Gasteiger charge is -2.23. The number of rotatable bonds is 7. The first-order chi connectivity index (χ1) is 8.74. The quantitative estimate of drug-likeness (QED) is 0.676. The van der Waals surface area contributed by atoms with E-state index in [0.29, 0.717) is 5.41 Å². The van der Waals surface area contributed by atoms with Crippen molar-refractivity contribution < 1.29 is 0 Å². The molecule has 3 nitrogen and oxygen atoms in total. The van der Waals surface area contributed by atoms with E-state index in [4.69, 9.17) is 0 Å².